The van der Waals surface area contributed by atoms with Crippen LogP contribution in [0, 0.1) is 34.5 Å². The molecule has 0 amide bonds. The summed E-state index contributed by atoms with van der Waals surface area (Å²) < 4.78 is 0. The molecule has 0 heterocycles. The summed E-state index contributed by atoms with van der Waals surface area (Å²) in [5, 5.41) is 32.0. The Bertz CT molecular complexity index is 790. The zero-order chi connectivity index (χ0) is 20.6. The van der Waals surface area contributed by atoms with Crippen molar-refractivity contribution in [2.75, 3.05) is 6.61 Å². The van der Waals surface area contributed by atoms with Crippen molar-refractivity contribution in [2.45, 2.75) is 57.1 Å². The largest absolute Gasteiger partial charge is 0.393 e. The van der Waals surface area contributed by atoms with Crippen molar-refractivity contribution in [1.82, 2.24) is 0 Å². The number of hydrogen-bond donors (Lipinski definition) is 3. The molecule has 0 saturated heterocycles. The molecular formula is C22H29ClO5. The number of rotatable bonds is 2. The molecule has 0 aliphatic heterocycles. The predicted molar refractivity (Wildman–Crippen MR) is 105 cm³/mol. The highest BCUT2D eigenvalue weighted by molar-refractivity contribution is 6.21. The molecule has 0 aromatic heterocycles. The molecule has 0 aromatic rings. The van der Waals surface area contributed by atoms with Gasteiger partial charge in [0.2, 0.25) is 0 Å². The van der Waals surface area contributed by atoms with Crippen LogP contribution < -0.4 is 0 Å². The highest BCUT2D eigenvalue weighted by atomic mass is 35.5. The minimum atomic E-state index is -1.68. The molecule has 0 aromatic carbocycles. The van der Waals surface area contributed by atoms with Gasteiger partial charge in [-0.2, -0.15) is 0 Å². The molecule has 0 spiro atoms. The molecule has 9 atom stereocenters. The number of fused-ring (bicyclic) bond motifs is 5. The summed E-state index contributed by atoms with van der Waals surface area (Å²) in [5.41, 5.74) is -2.04. The number of halogens is 1. The molecule has 0 radical (unpaired) electrons. The van der Waals surface area contributed by atoms with Crippen molar-refractivity contribution in [1.29, 1.82) is 0 Å². The Labute approximate surface area is 170 Å². The number of hydrogen-bond acceptors (Lipinski definition) is 5. The second-order valence-corrected chi connectivity index (χ2v) is 10.4. The SMILES string of the molecule is CC1CC2C3C(Cl)CC4=CC(=O)C=CC4(C)C3C(O)CC2(C)C1(O)C(=O)CO. The van der Waals surface area contributed by atoms with Crippen molar-refractivity contribution < 1.29 is 24.9 Å². The third-order valence-corrected chi connectivity index (χ3v) is 9.08. The van der Waals surface area contributed by atoms with Gasteiger partial charge in [-0.05, 0) is 49.2 Å². The quantitative estimate of drug-likeness (QED) is 0.607. The Morgan fingerprint density at radius 2 is 2.04 bits per heavy atom. The molecule has 5 nitrogen and oxygen atoms in total. The Balaban J connectivity index is 1.82. The predicted octanol–water partition coefficient (Wildman–Crippen LogP) is 2.02. The van der Waals surface area contributed by atoms with Gasteiger partial charge in [-0.3, -0.25) is 9.59 Å². The van der Waals surface area contributed by atoms with E-state index in [2.05, 4.69) is 6.92 Å². The normalized spacial score (nSPS) is 52.5. The first kappa shape index (κ1) is 20.3. The molecule has 0 bridgehead atoms. The Morgan fingerprint density at radius 1 is 1.36 bits per heavy atom. The van der Waals surface area contributed by atoms with E-state index in [9.17, 15) is 24.9 Å². The van der Waals surface area contributed by atoms with Crippen LogP contribution >= 0.6 is 11.6 Å². The number of carbonyl (C=O) groups excluding carboxylic acids is 2. The van der Waals surface area contributed by atoms with Crippen LogP contribution in [0.2, 0.25) is 0 Å². The fraction of sp³-hybridized carbons (Fsp3) is 0.727. The average molecular weight is 409 g/mol. The molecule has 4 aliphatic carbocycles. The minimum absolute atomic E-state index is 0.0525. The van der Waals surface area contributed by atoms with Gasteiger partial charge >= 0.3 is 0 Å². The summed E-state index contributed by atoms with van der Waals surface area (Å²) in [5.74, 6) is -1.29. The number of carbonyl (C=O) groups is 2. The second-order valence-electron chi connectivity index (χ2n) is 9.79. The van der Waals surface area contributed by atoms with Gasteiger partial charge in [-0.1, -0.05) is 32.4 Å². The summed E-state index contributed by atoms with van der Waals surface area (Å²) in [4.78, 5) is 24.5. The molecule has 3 fully saturated rings. The zero-order valence-electron chi connectivity index (χ0n) is 16.6. The third kappa shape index (κ3) is 2.31. The highest BCUT2D eigenvalue weighted by Gasteiger charge is 2.71. The van der Waals surface area contributed by atoms with Gasteiger partial charge < -0.3 is 15.3 Å². The lowest BCUT2D eigenvalue weighted by molar-refractivity contribution is -0.183. The van der Waals surface area contributed by atoms with Crippen molar-refractivity contribution in [3.8, 4) is 0 Å². The van der Waals surface area contributed by atoms with Crippen molar-refractivity contribution in [3.05, 3.63) is 23.8 Å². The molecule has 6 heteroatoms. The zero-order valence-corrected chi connectivity index (χ0v) is 17.3. The van der Waals surface area contributed by atoms with Crippen LogP contribution in [0.3, 0.4) is 0 Å². The number of Topliss-reactive ketones (excluding diaryl/α,β-unsaturated/α-hetero) is 1. The first-order chi connectivity index (χ1) is 13.0. The van der Waals surface area contributed by atoms with Gasteiger partial charge in [0.05, 0.1) is 6.10 Å². The third-order valence-electron chi connectivity index (χ3n) is 8.63. The lowest BCUT2D eigenvalue weighted by Crippen LogP contribution is -2.64. The van der Waals surface area contributed by atoms with Crippen LogP contribution in [-0.4, -0.2) is 50.6 Å². The van der Waals surface area contributed by atoms with E-state index in [1.54, 1.807) is 12.2 Å². The van der Waals surface area contributed by atoms with E-state index in [4.69, 9.17) is 11.6 Å². The number of ketones is 2. The summed E-state index contributed by atoms with van der Waals surface area (Å²) in [7, 11) is 0. The van der Waals surface area contributed by atoms with Gasteiger partial charge in [-0.15, -0.1) is 11.6 Å². The van der Waals surface area contributed by atoms with E-state index in [-0.39, 0.29) is 41.3 Å². The van der Waals surface area contributed by atoms with Gasteiger partial charge in [0, 0.05) is 22.1 Å². The molecule has 9 unspecified atom stereocenters. The standard InChI is InChI=1S/C22H29ClO5/c1-11-6-14-18-15(23)8-12-7-13(25)4-5-20(12,2)19(18)16(26)9-21(14,3)22(11,28)17(27)10-24/h4-5,7,11,14-16,18-19,24,26,28H,6,8-10H2,1-3H3. The topological polar surface area (TPSA) is 94.8 Å². The Hall–Kier alpha value is -1.01. The summed E-state index contributed by atoms with van der Waals surface area (Å²) >= 11 is 6.86. The molecular weight excluding hydrogens is 380 g/mol. The van der Waals surface area contributed by atoms with Gasteiger partial charge in [0.15, 0.2) is 11.6 Å². The Morgan fingerprint density at radius 3 is 2.68 bits per heavy atom. The molecule has 4 rings (SSSR count). The maximum atomic E-state index is 12.6. The lowest BCUT2D eigenvalue weighted by atomic mass is 9.46. The van der Waals surface area contributed by atoms with Gasteiger partial charge in [-0.25, -0.2) is 0 Å². The van der Waals surface area contributed by atoms with Gasteiger partial charge in [0.25, 0.3) is 0 Å². The van der Waals surface area contributed by atoms with Crippen LogP contribution in [0.1, 0.15) is 40.0 Å². The van der Waals surface area contributed by atoms with Gasteiger partial charge in [0.1, 0.15) is 12.2 Å². The van der Waals surface area contributed by atoms with E-state index >= 15 is 0 Å². The minimum Gasteiger partial charge on any atom is -0.393 e. The van der Waals surface area contributed by atoms with Crippen molar-refractivity contribution >= 4 is 23.2 Å². The Kier molecular flexibility index (Phi) is 4.52. The first-order valence-electron chi connectivity index (χ1n) is 10.1. The van der Waals surface area contributed by atoms with E-state index in [0.717, 1.165) is 5.57 Å². The van der Waals surface area contributed by atoms with E-state index in [1.807, 2.05) is 19.9 Å². The lowest BCUT2D eigenvalue weighted by Gasteiger charge is -2.60. The molecule has 3 saturated carbocycles. The summed E-state index contributed by atoms with van der Waals surface area (Å²) in [6, 6.07) is 0. The number of allylic oxidation sites excluding steroid dienone is 4. The summed E-state index contributed by atoms with van der Waals surface area (Å²) in [6.45, 7) is 5.05. The van der Waals surface area contributed by atoms with Crippen LogP contribution in [0.4, 0.5) is 0 Å². The van der Waals surface area contributed by atoms with Crippen LogP contribution in [0.5, 0.6) is 0 Å². The molecule has 28 heavy (non-hydrogen) atoms. The van der Waals surface area contributed by atoms with Crippen LogP contribution in [-0.2, 0) is 9.59 Å². The fourth-order valence-corrected chi connectivity index (χ4v) is 7.79. The van der Waals surface area contributed by atoms with Crippen LogP contribution in [0.15, 0.2) is 23.8 Å². The van der Waals surface area contributed by atoms with E-state index < -0.39 is 34.9 Å². The van der Waals surface area contributed by atoms with Crippen molar-refractivity contribution in [2.24, 2.45) is 34.5 Å². The van der Waals surface area contributed by atoms with E-state index in [1.165, 1.54) is 0 Å². The highest BCUT2D eigenvalue weighted by Crippen LogP contribution is 2.68. The number of aliphatic hydroxyl groups excluding tert-OH is 2. The molecule has 4 aliphatic rings. The molecule has 3 N–H and O–H groups in total. The maximum absolute atomic E-state index is 12.6. The summed E-state index contributed by atoms with van der Waals surface area (Å²) in [6.07, 6.45) is 5.78. The smallest absolute Gasteiger partial charge is 0.190 e. The first-order valence-corrected chi connectivity index (χ1v) is 10.6. The molecule has 154 valence electrons. The second kappa shape index (κ2) is 6.24. The monoisotopic (exact) mass is 408 g/mol. The van der Waals surface area contributed by atoms with E-state index in [0.29, 0.717) is 12.8 Å². The maximum Gasteiger partial charge on any atom is 0.190 e. The van der Waals surface area contributed by atoms with Crippen LogP contribution in [0.25, 0.3) is 0 Å². The number of aliphatic hydroxyl groups is 3. The fourth-order valence-electron chi connectivity index (χ4n) is 7.29. The number of alkyl halides is 1. The average Bonchev–Trinajstić information content (AvgIpc) is 2.83. The van der Waals surface area contributed by atoms with Crippen molar-refractivity contribution in [3.63, 3.8) is 0 Å².